The number of hydrogen-bond donors (Lipinski definition) is 1. The highest BCUT2D eigenvalue weighted by atomic mass is 16.5. The summed E-state index contributed by atoms with van der Waals surface area (Å²) in [5, 5.41) is 7.70. The van der Waals surface area contributed by atoms with Gasteiger partial charge in [0.25, 0.3) is 0 Å². The summed E-state index contributed by atoms with van der Waals surface area (Å²) in [5.74, 6) is 0.660. The van der Waals surface area contributed by atoms with Crippen molar-refractivity contribution >= 4 is 5.65 Å². The largest absolute Gasteiger partial charge is 0.470 e. The molecule has 0 spiro atoms. The van der Waals surface area contributed by atoms with Crippen LogP contribution < -0.4 is 10.1 Å². The first kappa shape index (κ1) is 10.5. The van der Waals surface area contributed by atoms with Crippen LogP contribution in [0.15, 0.2) is 24.5 Å². The van der Waals surface area contributed by atoms with E-state index < -0.39 is 0 Å². The number of rotatable bonds is 2. The molecule has 0 amide bonds. The Morgan fingerprint density at radius 2 is 2.24 bits per heavy atom. The van der Waals surface area contributed by atoms with Crippen LogP contribution in [0.4, 0.5) is 0 Å². The number of fused-ring (bicyclic) bond motifs is 1. The van der Waals surface area contributed by atoms with E-state index in [1.807, 2.05) is 18.3 Å². The Labute approximate surface area is 99.8 Å². The van der Waals surface area contributed by atoms with E-state index >= 15 is 0 Å². The summed E-state index contributed by atoms with van der Waals surface area (Å²) in [6.45, 7) is 4.15. The van der Waals surface area contributed by atoms with Gasteiger partial charge >= 0.3 is 0 Å². The van der Waals surface area contributed by atoms with Gasteiger partial charge < -0.3 is 10.1 Å². The lowest BCUT2D eigenvalue weighted by molar-refractivity contribution is 0.0505. The normalized spacial score (nSPS) is 19.4. The zero-order chi connectivity index (χ0) is 11.7. The first-order valence-electron chi connectivity index (χ1n) is 5.95. The molecule has 90 valence electrons. The lowest BCUT2D eigenvalue weighted by Crippen LogP contribution is -2.43. The lowest BCUT2D eigenvalue weighted by atomic mass is 9.95. The van der Waals surface area contributed by atoms with Crippen molar-refractivity contribution in [2.24, 2.45) is 0 Å². The third-order valence-corrected chi connectivity index (χ3v) is 3.23. The van der Waals surface area contributed by atoms with Gasteiger partial charge in [0.15, 0.2) is 5.65 Å². The van der Waals surface area contributed by atoms with Crippen LogP contribution in [-0.2, 0) is 0 Å². The van der Waals surface area contributed by atoms with Gasteiger partial charge in [0.05, 0.1) is 0 Å². The molecule has 0 radical (unpaired) electrons. The van der Waals surface area contributed by atoms with Gasteiger partial charge in [-0.3, -0.25) is 0 Å². The molecule has 17 heavy (non-hydrogen) atoms. The highest BCUT2D eigenvalue weighted by Crippen LogP contribution is 2.25. The molecular formula is C12H16N4O. The van der Waals surface area contributed by atoms with Crippen molar-refractivity contribution in [3.63, 3.8) is 0 Å². The number of piperidine rings is 1. The molecule has 0 atom stereocenters. The minimum atomic E-state index is -0.108. The molecule has 1 fully saturated rings. The number of hydrogen-bond acceptors (Lipinski definition) is 4. The van der Waals surface area contributed by atoms with Gasteiger partial charge in [-0.05, 0) is 38.9 Å². The molecule has 1 aliphatic heterocycles. The lowest BCUT2D eigenvalue weighted by Gasteiger charge is -2.33. The fourth-order valence-electron chi connectivity index (χ4n) is 2.17. The van der Waals surface area contributed by atoms with E-state index in [1.54, 1.807) is 10.7 Å². The van der Waals surface area contributed by atoms with Gasteiger partial charge in [-0.15, -0.1) is 5.10 Å². The highest BCUT2D eigenvalue weighted by molar-refractivity contribution is 5.40. The molecular weight excluding hydrogens is 216 g/mol. The molecule has 3 rings (SSSR count). The van der Waals surface area contributed by atoms with Gasteiger partial charge in [0.2, 0.25) is 5.88 Å². The van der Waals surface area contributed by atoms with Crippen molar-refractivity contribution in [1.29, 1.82) is 0 Å². The summed E-state index contributed by atoms with van der Waals surface area (Å²) in [7, 11) is 0. The van der Waals surface area contributed by atoms with Crippen molar-refractivity contribution in [3.05, 3.63) is 24.5 Å². The maximum atomic E-state index is 6.02. The molecule has 0 aromatic carbocycles. The molecule has 0 bridgehead atoms. The summed E-state index contributed by atoms with van der Waals surface area (Å²) in [6.07, 6.45) is 5.65. The van der Waals surface area contributed by atoms with Crippen molar-refractivity contribution in [1.82, 2.24) is 19.9 Å². The molecule has 2 aromatic heterocycles. The van der Waals surface area contributed by atoms with E-state index in [0.29, 0.717) is 5.88 Å². The second-order valence-corrected chi connectivity index (χ2v) is 4.71. The van der Waals surface area contributed by atoms with Crippen LogP contribution >= 0.6 is 0 Å². The predicted octanol–water partition coefficient (Wildman–Crippen LogP) is 1.25. The van der Waals surface area contributed by atoms with E-state index in [1.165, 1.54) is 0 Å². The Morgan fingerprint density at radius 3 is 3.00 bits per heavy atom. The van der Waals surface area contributed by atoms with E-state index in [9.17, 15) is 0 Å². The van der Waals surface area contributed by atoms with E-state index in [4.69, 9.17) is 4.74 Å². The Morgan fingerprint density at radius 1 is 1.41 bits per heavy atom. The average molecular weight is 232 g/mol. The minimum absolute atomic E-state index is 0.108. The number of ether oxygens (including phenoxy) is 1. The molecule has 0 aliphatic carbocycles. The summed E-state index contributed by atoms with van der Waals surface area (Å²) >= 11 is 0. The molecule has 5 heteroatoms. The van der Waals surface area contributed by atoms with Gasteiger partial charge in [-0.1, -0.05) is 0 Å². The molecule has 5 nitrogen and oxygen atoms in total. The summed E-state index contributed by atoms with van der Waals surface area (Å²) < 4.78 is 7.75. The minimum Gasteiger partial charge on any atom is -0.470 e. The van der Waals surface area contributed by atoms with Gasteiger partial charge in [-0.2, -0.15) is 0 Å². The van der Waals surface area contributed by atoms with Crippen molar-refractivity contribution in [3.8, 4) is 5.88 Å². The SMILES string of the molecule is CC1(Oc2cc3ncccn3n2)CCNCC1. The maximum absolute atomic E-state index is 6.02. The van der Waals surface area contributed by atoms with E-state index in [0.717, 1.165) is 31.6 Å². The van der Waals surface area contributed by atoms with Crippen LogP contribution in [0.3, 0.4) is 0 Å². The summed E-state index contributed by atoms with van der Waals surface area (Å²) in [4.78, 5) is 4.23. The monoisotopic (exact) mass is 232 g/mol. The van der Waals surface area contributed by atoms with Gasteiger partial charge in [0.1, 0.15) is 5.60 Å². The number of nitrogens with zero attached hydrogens (tertiary/aromatic N) is 3. The standard InChI is InChI=1S/C12H16N4O/c1-12(3-6-13-7-4-12)17-11-9-10-14-5-2-8-16(10)15-11/h2,5,8-9,13H,3-4,6-7H2,1H3. The molecule has 1 aliphatic rings. The topological polar surface area (TPSA) is 51.5 Å². The van der Waals surface area contributed by atoms with Crippen LogP contribution in [0, 0.1) is 0 Å². The van der Waals surface area contributed by atoms with Gasteiger partial charge in [0, 0.05) is 18.5 Å². The molecule has 2 aromatic rings. The first-order valence-corrected chi connectivity index (χ1v) is 5.95. The average Bonchev–Trinajstić information content (AvgIpc) is 2.71. The van der Waals surface area contributed by atoms with Crippen molar-refractivity contribution in [2.75, 3.05) is 13.1 Å². The van der Waals surface area contributed by atoms with Crippen LogP contribution in [0.2, 0.25) is 0 Å². The van der Waals surface area contributed by atoms with Crippen LogP contribution in [0.25, 0.3) is 5.65 Å². The van der Waals surface area contributed by atoms with Crippen LogP contribution in [-0.4, -0.2) is 33.3 Å². The van der Waals surface area contributed by atoms with Crippen molar-refractivity contribution < 1.29 is 4.74 Å². The Bertz CT molecular complexity index is 483. The molecule has 1 N–H and O–H groups in total. The number of aromatic nitrogens is 3. The Kier molecular flexibility index (Phi) is 2.48. The van der Waals surface area contributed by atoms with Crippen LogP contribution in [0.1, 0.15) is 19.8 Å². The molecule has 0 saturated carbocycles. The number of nitrogens with one attached hydrogen (secondary N) is 1. The zero-order valence-electron chi connectivity index (χ0n) is 9.89. The summed E-state index contributed by atoms with van der Waals surface area (Å²) in [5.41, 5.74) is 0.712. The van der Waals surface area contributed by atoms with E-state index in [2.05, 4.69) is 22.3 Å². The summed E-state index contributed by atoms with van der Waals surface area (Å²) in [6, 6.07) is 3.74. The Hall–Kier alpha value is -1.62. The molecule has 3 heterocycles. The smallest absolute Gasteiger partial charge is 0.236 e. The quantitative estimate of drug-likeness (QED) is 0.846. The third-order valence-electron chi connectivity index (χ3n) is 3.23. The molecule has 0 unspecified atom stereocenters. The van der Waals surface area contributed by atoms with Crippen molar-refractivity contribution in [2.45, 2.75) is 25.4 Å². The third kappa shape index (κ3) is 2.10. The first-order chi connectivity index (χ1) is 8.25. The zero-order valence-corrected chi connectivity index (χ0v) is 9.89. The fraction of sp³-hybridized carbons (Fsp3) is 0.500. The fourth-order valence-corrected chi connectivity index (χ4v) is 2.17. The maximum Gasteiger partial charge on any atom is 0.236 e. The second-order valence-electron chi connectivity index (χ2n) is 4.71. The van der Waals surface area contributed by atoms with Gasteiger partial charge in [-0.25, -0.2) is 9.50 Å². The molecule has 1 saturated heterocycles. The highest BCUT2D eigenvalue weighted by Gasteiger charge is 2.29. The van der Waals surface area contributed by atoms with Crippen LogP contribution in [0.5, 0.6) is 5.88 Å². The predicted molar refractivity (Wildman–Crippen MR) is 64.1 cm³/mol. The second kappa shape index (κ2) is 4.00. The van der Waals surface area contributed by atoms with E-state index in [-0.39, 0.29) is 5.60 Å². The Balaban J connectivity index is 1.84.